The zero-order chi connectivity index (χ0) is 32.9. The smallest absolute Gasteiger partial charge is 0.137 e. The van der Waals surface area contributed by atoms with E-state index in [1.807, 2.05) is 12.1 Å². The van der Waals surface area contributed by atoms with Crippen molar-refractivity contribution in [1.82, 2.24) is 0 Å². The number of benzene rings is 7. The lowest BCUT2D eigenvalue weighted by Crippen LogP contribution is -2.24. The zero-order valence-electron chi connectivity index (χ0n) is 27.9. The molecule has 0 amide bonds. The van der Waals surface area contributed by atoms with Crippen LogP contribution in [0.4, 0.5) is 17.1 Å². The van der Waals surface area contributed by atoms with Crippen LogP contribution < -0.4 is 4.90 Å². The van der Waals surface area contributed by atoms with Gasteiger partial charge in [-0.15, -0.1) is 0 Å². The summed E-state index contributed by atoms with van der Waals surface area (Å²) in [5.41, 5.74) is 16.9. The van der Waals surface area contributed by atoms with Crippen LogP contribution in [0.1, 0.15) is 48.6 Å². The molecule has 234 valence electrons. The van der Waals surface area contributed by atoms with Gasteiger partial charge in [0.25, 0.3) is 0 Å². The van der Waals surface area contributed by atoms with Crippen molar-refractivity contribution < 1.29 is 4.42 Å². The molecule has 1 heterocycles. The van der Waals surface area contributed by atoms with E-state index in [1.54, 1.807) is 0 Å². The summed E-state index contributed by atoms with van der Waals surface area (Å²) in [6.07, 6.45) is 0. The fourth-order valence-electron chi connectivity index (χ4n) is 8.82. The second-order valence-electron chi connectivity index (χ2n) is 14.3. The van der Waals surface area contributed by atoms with Gasteiger partial charge in [0.1, 0.15) is 11.2 Å². The van der Waals surface area contributed by atoms with Crippen molar-refractivity contribution in [2.24, 2.45) is 0 Å². The Kier molecular flexibility index (Phi) is 5.79. The van der Waals surface area contributed by atoms with Gasteiger partial charge in [-0.3, -0.25) is 0 Å². The second kappa shape index (κ2) is 10.1. The van der Waals surface area contributed by atoms with Crippen LogP contribution in [0.3, 0.4) is 0 Å². The van der Waals surface area contributed by atoms with Crippen LogP contribution in [0.2, 0.25) is 0 Å². The first-order valence-corrected chi connectivity index (χ1v) is 17.2. The maximum atomic E-state index is 6.34. The van der Waals surface area contributed by atoms with Crippen molar-refractivity contribution in [3.8, 4) is 22.3 Å². The Labute approximate surface area is 286 Å². The molecule has 0 bridgehead atoms. The topological polar surface area (TPSA) is 16.4 Å². The Morgan fingerprint density at radius 2 is 0.959 bits per heavy atom. The summed E-state index contributed by atoms with van der Waals surface area (Å²) >= 11 is 0. The molecule has 0 saturated heterocycles. The third kappa shape index (κ3) is 3.89. The Morgan fingerprint density at radius 3 is 1.71 bits per heavy atom. The van der Waals surface area contributed by atoms with Crippen molar-refractivity contribution in [1.29, 1.82) is 0 Å². The highest BCUT2D eigenvalue weighted by atomic mass is 16.3. The molecule has 0 saturated carbocycles. The summed E-state index contributed by atoms with van der Waals surface area (Å²) in [5.74, 6) is 0. The molecule has 10 rings (SSSR count). The molecule has 0 fully saturated rings. The molecular formula is C47H35NO. The number of furan rings is 1. The maximum Gasteiger partial charge on any atom is 0.137 e. The quantitative estimate of drug-likeness (QED) is 0.193. The van der Waals surface area contributed by atoms with Gasteiger partial charge in [0.05, 0.1) is 0 Å². The molecule has 0 atom stereocenters. The van der Waals surface area contributed by atoms with Gasteiger partial charge in [-0.05, 0) is 99.5 Å². The first kappa shape index (κ1) is 28.2. The Hall–Kier alpha value is -5.86. The zero-order valence-corrected chi connectivity index (χ0v) is 27.9. The van der Waals surface area contributed by atoms with E-state index in [0.29, 0.717) is 0 Å². The highest BCUT2D eigenvalue weighted by Crippen LogP contribution is 2.56. The summed E-state index contributed by atoms with van der Waals surface area (Å²) in [5, 5.41) is 2.28. The van der Waals surface area contributed by atoms with E-state index in [1.165, 1.54) is 50.1 Å². The fraction of sp³-hybridized carbons (Fsp3) is 0.106. The third-order valence-corrected chi connectivity index (χ3v) is 11.4. The summed E-state index contributed by atoms with van der Waals surface area (Å²) < 4.78 is 6.34. The Balaban J connectivity index is 1.10. The standard InChI is InChI=1S/C47H35NO/c1-46(2)42-27-30(47(3)40-18-10-7-15-34(40)35-16-8-11-19-41(35)47)21-24-36(42)37-25-22-32(28-43(37)46)48(31-13-5-4-6-14-31)33-23-26-39-38-17-9-12-20-44(38)49-45(39)29-33/h4-29H,1-3H3. The van der Waals surface area contributed by atoms with E-state index >= 15 is 0 Å². The molecule has 2 nitrogen and oxygen atoms in total. The molecule has 2 heteroatoms. The first-order chi connectivity index (χ1) is 23.9. The number of anilines is 3. The molecular weight excluding hydrogens is 595 g/mol. The van der Waals surface area contributed by atoms with E-state index in [2.05, 4.69) is 171 Å². The van der Waals surface area contributed by atoms with Gasteiger partial charge >= 0.3 is 0 Å². The van der Waals surface area contributed by atoms with E-state index in [0.717, 1.165) is 39.0 Å². The average molecular weight is 630 g/mol. The van der Waals surface area contributed by atoms with E-state index in [9.17, 15) is 0 Å². The molecule has 2 aliphatic rings. The van der Waals surface area contributed by atoms with E-state index < -0.39 is 0 Å². The normalized spacial score (nSPS) is 14.8. The predicted molar refractivity (Wildman–Crippen MR) is 203 cm³/mol. The van der Waals surface area contributed by atoms with Crippen molar-refractivity contribution in [3.63, 3.8) is 0 Å². The van der Waals surface area contributed by atoms with Crippen LogP contribution >= 0.6 is 0 Å². The number of hydrogen-bond donors (Lipinski definition) is 0. The highest BCUT2D eigenvalue weighted by Gasteiger charge is 2.43. The minimum atomic E-state index is -0.225. The largest absolute Gasteiger partial charge is 0.456 e. The van der Waals surface area contributed by atoms with Gasteiger partial charge in [-0.25, -0.2) is 0 Å². The van der Waals surface area contributed by atoms with Gasteiger partial charge < -0.3 is 9.32 Å². The van der Waals surface area contributed by atoms with Crippen LogP contribution in [0.15, 0.2) is 162 Å². The van der Waals surface area contributed by atoms with Crippen LogP contribution in [0.5, 0.6) is 0 Å². The Bertz CT molecular complexity index is 2560. The van der Waals surface area contributed by atoms with Crippen LogP contribution in [0, 0.1) is 0 Å². The summed E-state index contributed by atoms with van der Waals surface area (Å²) in [4.78, 5) is 2.35. The molecule has 0 spiro atoms. The lowest BCUT2D eigenvalue weighted by molar-refractivity contribution is 0.652. The molecule has 0 aliphatic heterocycles. The molecule has 49 heavy (non-hydrogen) atoms. The first-order valence-electron chi connectivity index (χ1n) is 17.2. The van der Waals surface area contributed by atoms with Gasteiger partial charge in [-0.1, -0.05) is 123 Å². The molecule has 0 radical (unpaired) electrons. The minimum Gasteiger partial charge on any atom is -0.456 e. The van der Waals surface area contributed by atoms with Gasteiger partial charge in [0.2, 0.25) is 0 Å². The van der Waals surface area contributed by atoms with Crippen LogP contribution in [-0.2, 0) is 10.8 Å². The van der Waals surface area contributed by atoms with Crippen molar-refractivity contribution >= 4 is 39.0 Å². The lowest BCUT2D eigenvalue weighted by atomic mass is 9.72. The number of fused-ring (bicyclic) bond motifs is 9. The molecule has 1 aromatic heterocycles. The number of rotatable bonds is 4. The SMILES string of the molecule is CC1(C)c2cc(N(c3ccccc3)c3ccc4c(c3)oc3ccccc34)ccc2-c2ccc(C3(C)c4ccccc4-c4ccccc43)cc21. The minimum absolute atomic E-state index is 0.185. The van der Waals surface area contributed by atoms with E-state index in [-0.39, 0.29) is 10.8 Å². The van der Waals surface area contributed by atoms with Crippen LogP contribution in [0.25, 0.3) is 44.2 Å². The molecule has 7 aromatic carbocycles. The van der Waals surface area contributed by atoms with Gasteiger partial charge in [-0.2, -0.15) is 0 Å². The number of hydrogen-bond acceptors (Lipinski definition) is 2. The molecule has 0 N–H and O–H groups in total. The highest BCUT2D eigenvalue weighted by molar-refractivity contribution is 6.06. The van der Waals surface area contributed by atoms with E-state index in [4.69, 9.17) is 4.42 Å². The summed E-state index contributed by atoms with van der Waals surface area (Å²) in [6, 6.07) is 57.6. The number of para-hydroxylation sites is 2. The van der Waals surface area contributed by atoms with Crippen molar-refractivity contribution in [2.45, 2.75) is 31.6 Å². The fourth-order valence-corrected chi connectivity index (χ4v) is 8.82. The third-order valence-electron chi connectivity index (χ3n) is 11.4. The maximum absolute atomic E-state index is 6.34. The average Bonchev–Trinajstić information content (AvgIpc) is 3.72. The lowest BCUT2D eigenvalue weighted by Gasteiger charge is -2.30. The molecule has 8 aromatic rings. The second-order valence-corrected chi connectivity index (χ2v) is 14.3. The number of nitrogens with zero attached hydrogens (tertiary/aromatic N) is 1. The monoisotopic (exact) mass is 629 g/mol. The van der Waals surface area contributed by atoms with Gasteiger partial charge in [0, 0.05) is 44.7 Å². The predicted octanol–water partition coefficient (Wildman–Crippen LogP) is 12.7. The van der Waals surface area contributed by atoms with Crippen LogP contribution in [-0.4, -0.2) is 0 Å². The summed E-state index contributed by atoms with van der Waals surface area (Å²) in [6.45, 7) is 7.18. The van der Waals surface area contributed by atoms with Gasteiger partial charge in [0.15, 0.2) is 0 Å². The molecule has 0 unspecified atom stereocenters. The summed E-state index contributed by atoms with van der Waals surface area (Å²) in [7, 11) is 0. The Morgan fingerprint density at radius 1 is 0.408 bits per heavy atom. The van der Waals surface area contributed by atoms with Crippen molar-refractivity contribution in [3.05, 3.63) is 186 Å². The molecule has 2 aliphatic carbocycles. The van der Waals surface area contributed by atoms with Crippen molar-refractivity contribution in [2.75, 3.05) is 4.90 Å².